The number of ether oxygens (including phenoxy) is 1. The van der Waals surface area contributed by atoms with Crippen LogP contribution in [0.4, 0.5) is 5.69 Å². The van der Waals surface area contributed by atoms with Gasteiger partial charge in [0.05, 0.1) is 12.8 Å². The number of hydrogen-bond donors (Lipinski definition) is 1. The van der Waals surface area contributed by atoms with Gasteiger partial charge in [-0.25, -0.2) is 0 Å². The molecule has 0 saturated carbocycles. The van der Waals surface area contributed by atoms with Gasteiger partial charge in [-0.05, 0) is 30.3 Å². The van der Waals surface area contributed by atoms with E-state index < -0.39 is 0 Å². The Morgan fingerprint density at radius 2 is 1.76 bits per heavy atom. The van der Waals surface area contributed by atoms with Gasteiger partial charge in [-0.1, -0.05) is 41.4 Å². The molecule has 3 nitrogen and oxygen atoms in total. The van der Waals surface area contributed by atoms with Gasteiger partial charge in [0.25, 0.3) is 0 Å². The highest BCUT2D eigenvalue weighted by Gasteiger charge is 2.05. The minimum Gasteiger partial charge on any atom is -0.495 e. The van der Waals surface area contributed by atoms with Crippen LogP contribution in [0.1, 0.15) is 5.56 Å². The van der Waals surface area contributed by atoms with Gasteiger partial charge < -0.3 is 10.1 Å². The summed E-state index contributed by atoms with van der Waals surface area (Å²) < 4.78 is 5.17. The van der Waals surface area contributed by atoms with Crippen LogP contribution in [-0.4, -0.2) is 13.0 Å². The molecule has 0 fully saturated rings. The van der Waals surface area contributed by atoms with Crippen LogP contribution in [0.15, 0.2) is 48.5 Å². The molecule has 0 aromatic heterocycles. The van der Waals surface area contributed by atoms with Gasteiger partial charge >= 0.3 is 0 Å². The molecule has 0 aliphatic heterocycles. The summed E-state index contributed by atoms with van der Waals surface area (Å²) >= 11 is 12.1. The fourth-order valence-corrected chi connectivity index (χ4v) is 2.27. The minimum atomic E-state index is -0.296. The number of para-hydroxylation sites is 2. The first-order valence-electron chi connectivity index (χ1n) is 6.18. The molecule has 0 radical (unpaired) electrons. The average Bonchev–Trinajstić information content (AvgIpc) is 2.47. The zero-order valence-electron chi connectivity index (χ0n) is 11.3. The molecular weight excluding hydrogens is 309 g/mol. The molecule has 0 spiro atoms. The molecule has 0 heterocycles. The van der Waals surface area contributed by atoms with Crippen LogP contribution in [0.25, 0.3) is 6.08 Å². The molecule has 1 amide bonds. The molecule has 108 valence electrons. The first-order valence-corrected chi connectivity index (χ1v) is 6.93. The van der Waals surface area contributed by atoms with Crippen LogP contribution in [0, 0.1) is 0 Å². The lowest BCUT2D eigenvalue weighted by atomic mass is 10.2. The summed E-state index contributed by atoms with van der Waals surface area (Å²) in [6.07, 6.45) is 2.95. The van der Waals surface area contributed by atoms with Gasteiger partial charge in [-0.15, -0.1) is 0 Å². The molecule has 0 aliphatic carbocycles. The van der Waals surface area contributed by atoms with Crippen LogP contribution in [0.2, 0.25) is 10.0 Å². The number of hydrogen-bond acceptors (Lipinski definition) is 2. The lowest BCUT2D eigenvalue weighted by Gasteiger charge is -2.08. The number of methoxy groups -OCH3 is 1. The fraction of sp³-hybridized carbons (Fsp3) is 0.0625. The first kappa shape index (κ1) is 15.4. The van der Waals surface area contributed by atoms with Crippen molar-refractivity contribution >= 4 is 40.9 Å². The number of carbonyl (C=O) groups excluding carboxylic acids is 1. The number of rotatable bonds is 4. The van der Waals surface area contributed by atoms with Crippen LogP contribution in [-0.2, 0) is 4.79 Å². The van der Waals surface area contributed by atoms with E-state index >= 15 is 0 Å². The van der Waals surface area contributed by atoms with Crippen molar-refractivity contribution in [2.24, 2.45) is 0 Å². The van der Waals surface area contributed by atoms with Crippen LogP contribution in [0.5, 0.6) is 5.75 Å². The van der Waals surface area contributed by atoms with E-state index in [-0.39, 0.29) is 5.91 Å². The molecule has 5 heteroatoms. The molecule has 0 aliphatic rings. The van der Waals surface area contributed by atoms with E-state index in [9.17, 15) is 4.79 Å². The predicted octanol–water partition coefficient (Wildman–Crippen LogP) is 4.65. The van der Waals surface area contributed by atoms with E-state index in [1.54, 1.807) is 43.5 Å². The van der Waals surface area contributed by atoms with Crippen molar-refractivity contribution in [2.75, 3.05) is 12.4 Å². The topological polar surface area (TPSA) is 38.3 Å². The quantitative estimate of drug-likeness (QED) is 0.832. The van der Waals surface area contributed by atoms with Gasteiger partial charge in [-0.3, -0.25) is 4.79 Å². The Labute approximate surface area is 133 Å². The van der Waals surface area contributed by atoms with Crippen molar-refractivity contribution in [1.82, 2.24) is 0 Å². The number of halogens is 2. The molecule has 21 heavy (non-hydrogen) atoms. The van der Waals surface area contributed by atoms with Crippen molar-refractivity contribution in [2.45, 2.75) is 0 Å². The van der Waals surface area contributed by atoms with E-state index in [1.807, 2.05) is 12.1 Å². The summed E-state index contributed by atoms with van der Waals surface area (Å²) in [5.74, 6) is 0.297. The fourth-order valence-electron chi connectivity index (χ4n) is 1.75. The van der Waals surface area contributed by atoms with Crippen LogP contribution in [0.3, 0.4) is 0 Å². The van der Waals surface area contributed by atoms with Gasteiger partial charge in [0.15, 0.2) is 0 Å². The summed E-state index contributed by atoms with van der Waals surface area (Å²) in [6, 6.07) is 12.3. The monoisotopic (exact) mass is 321 g/mol. The summed E-state index contributed by atoms with van der Waals surface area (Å²) in [7, 11) is 1.55. The van der Waals surface area contributed by atoms with Crippen molar-refractivity contribution in [3.63, 3.8) is 0 Å². The number of amides is 1. The SMILES string of the molecule is COc1ccccc1NC(=O)C=Cc1c(Cl)cccc1Cl. The Morgan fingerprint density at radius 3 is 2.43 bits per heavy atom. The van der Waals surface area contributed by atoms with E-state index in [2.05, 4.69) is 5.32 Å². The third-order valence-corrected chi connectivity index (χ3v) is 3.43. The van der Waals surface area contributed by atoms with Crippen LogP contribution < -0.4 is 10.1 Å². The summed E-state index contributed by atoms with van der Waals surface area (Å²) in [4.78, 5) is 11.9. The molecule has 2 rings (SSSR count). The van der Waals surface area contributed by atoms with Crippen molar-refractivity contribution in [1.29, 1.82) is 0 Å². The Hall–Kier alpha value is -1.97. The zero-order valence-corrected chi connectivity index (χ0v) is 12.8. The molecule has 2 aromatic carbocycles. The Balaban J connectivity index is 2.13. The van der Waals surface area contributed by atoms with Gasteiger partial charge in [0, 0.05) is 21.7 Å². The summed E-state index contributed by atoms with van der Waals surface area (Å²) in [5.41, 5.74) is 1.20. The highest BCUT2D eigenvalue weighted by atomic mass is 35.5. The normalized spacial score (nSPS) is 10.6. The standard InChI is InChI=1S/C16H13Cl2NO2/c1-21-15-8-3-2-7-14(15)19-16(20)10-9-11-12(17)5-4-6-13(11)18/h2-10H,1H3,(H,19,20). The molecule has 0 atom stereocenters. The molecule has 2 aromatic rings. The van der Waals surface area contributed by atoms with Gasteiger partial charge in [0.1, 0.15) is 5.75 Å². The van der Waals surface area contributed by atoms with E-state index in [1.165, 1.54) is 6.08 Å². The molecular formula is C16H13Cl2NO2. The number of carbonyl (C=O) groups is 1. The maximum Gasteiger partial charge on any atom is 0.248 e. The Morgan fingerprint density at radius 1 is 1.10 bits per heavy atom. The largest absolute Gasteiger partial charge is 0.495 e. The van der Waals surface area contributed by atoms with E-state index in [0.717, 1.165) is 0 Å². The minimum absolute atomic E-state index is 0.296. The maximum atomic E-state index is 11.9. The Kier molecular flexibility index (Phi) is 5.26. The third-order valence-electron chi connectivity index (χ3n) is 2.77. The predicted molar refractivity (Wildman–Crippen MR) is 87.1 cm³/mol. The van der Waals surface area contributed by atoms with Crippen molar-refractivity contribution in [3.05, 3.63) is 64.1 Å². The van der Waals surface area contributed by atoms with Crippen LogP contribution >= 0.6 is 23.2 Å². The molecule has 0 unspecified atom stereocenters. The van der Waals surface area contributed by atoms with Crippen molar-refractivity contribution in [3.8, 4) is 5.75 Å². The maximum absolute atomic E-state index is 11.9. The second kappa shape index (κ2) is 7.16. The second-order valence-electron chi connectivity index (χ2n) is 4.16. The summed E-state index contributed by atoms with van der Waals surface area (Å²) in [6.45, 7) is 0. The second-order valence-corrected chi connectivity index (χ2v) is 4.97. The van der Waals surface area contributed by atoms with Gasteiger partial charge in [0.2, 0.25) is 5.91 Å². The molecule has 1 N–H and O–H groups in total. The smallest absolute Gasteiger partial charge is 0.248 e. The van der Waals surface area contributed by atoms with Crippen molar-refractivity contribution < 1.29 is 9.53 Å². The average molecular weight is 322 g/mol. The highest BCUT2D eigenvalue weighted by Crippen LogP contribution is 2.26. The third kappa shape index (κ3) is 4.00. The number of nitrogens with one attached hydrogen (secondary N) is 1. The first-order chi connectivity index (χ1) is 10.1. The Bertz CT molecular complexity index is 663. The molecule has 0 saturated heterocycles. The highest BCUT2D eigenvalue weighted by molar-refractivity contribution is 6.37. The molecule has 0 bridgehead atoms. The number of benzene rings is 2. The van der Waals surface area contributed by atoms with E-state index in [0.29, 0.717) is 27.0 Å². The van der Waals surface area contributed by atoms with E-state index in [4.69, 9.17) is 27.9 Å². The lowest BCUT2D eigenvalue weighted by Crippen LogP contribution is -2.08. The lowest BCUT2D eigenvalue weighted by molar-refractivity contribution is -0.111. The summed E-state index contributed by atoms with van der Waals surface area (Å²) in [5, 5.41) is 3.71. The van der Waals surface area contributed by atoms with Gasteiger partial charge in [-0.2, -0.15) is 0 Å². The number of anilines is 1. The zero-order chi connectivity index (χ0) is 15.2.